The van der Waals surface area contributed by atoms with Gasteiger partial charge in [0.15, 0.2) is 0 Å². The maximum Gasteiger partial charge on any atom is 0.112 e. The zero-order valence-corrected chi connectivity index (χ0v) is 13.0. The minimum Gasteiger partial charge on any atom is -0.320 e. The summed E-state index contributed by atoms with van der Waals surface area (Å²) in [5.41, 5.74) is 1.18. The van der Waals surface area contributed by atoms with Crippen molar-refractivity contribution < 1.29 is 0 Å². The van der Waals surface area contributed by atoms with E-state index in [4.69, 9.17) is 23.2 Å². The number of hydrogen-bond acceptors (Lipinski definition) is 3. The minimum atomic E-state index is 0.718. The molecule has 0 saturated carbocycles. The molecule has 2 heterocycles. The fourth-order valence-corrected chi connectivity index (χ4v) is 3.72. The van der Waals surface area contributed by atoms with E-state index in [1.54, 1.807) is 0 Å². The molecule has 1 aromatic rings. The van der Waals surface area contributed by atoms with Gasteiger partial charge in [0.25, 0.3) is 0 Å². The van der Waals surface area contributed by atoms with Crippen LogP contribution in [0.3, 0.4) is 0 Å². The second kappa shape index (κ2) is 7.11. The molecule has 5 heteroatoms. The van der Waals surface area contributed by atoms with Crippen molar-refractivity contribution in [1.29, 1.82) is 0 Å². The number of nitrogens with zero attached hydrogens (tertiary/aromatic N) is 1. The van der Waals surface area contributed by atoms with Crippen molar-refractivity contribution in [1.82, 2.24) is 10.2 Å². The molecule has 0 radical (unpaired) electrons. The number of rotatable bonds is 5. The average molecular weight is 307 g/mol. The van der Waals surface area contributed by atoms with Gasteiger partial charge in [0.1, 0.15) is 4.34 Å². The summed E-state index contributed by atoms with van der Waals surface area (Å²) >= 11 is 13.7. The molecule has 0 amide bonds. The van der Waals surface area contributed by atoms with Crippen LogP contribution in [0, 0.1) is 5.92 Å². The van der Waals surface area contributed by atoms with Crippen LogP contribution >= 0.6 is 34.5 Å². The molecule has 1 aliphatic heterocycles. The highest BCUT2D eigenvalue weighted by Gasteiger charge is 2.20. The Hall–Kier alpha value is 0.200. The fourth-order valence-electron chi connectivity index (χ4n) is 2.48. The fraction of sp³-hybridized carbons (Fsp3) is 0.692. The molecule has 2 rings (SSSR count). The normalized spacial score (nSPS) is 18.4. The first-order valence-corrected chi connectivity index (χ1v) is 8.12. The summed E-state index contributed by atoms with van der Waals surface area (Å²) in [7, 11) is 2.03. The smallest absolute Gasteiger partial charge is 0.112 e. The summed E-state index contributed by atoms with van der Waals surface area (Å²) in [5, 5.41) is 6.06. The molecule has 0 unspecified atom stereocenters. The molecule has 0 spiro atoms. The van der Waals surface area contributed by atoms with Crippen LogP contribution in [0.2, 0.25) is 9.36 Å². The Morgan fingerprint density at radius 1 is 1.39 bits per heavy atom. The van der Waals surface area contributed by atoms with Crippen molar-refractivity contribution in [3.8, 4) is 0 Å². The Bertz CT molecular complexity index is 373. The van der Waals surface area contributed by atoms with Gasteiger partial charge >= 0.3 is 0 Å². The molecular formula is C13H20Cl2N2S. The van der Waals surface area contributed by atoms with Crippen LogP contribution in [0.15, 0.2) is 5.38 Å². The highest BCUT2D eigenvalue weighted by Crippen LogP contribution is 2.33. The van der Waals surface area contributed by atoms with Crippen molar-refractivity contribution in [3.63, 3.8) is 0 Å². The number of thiophene rings is 1. The maximum atomic E-state index is 6.17. The molecule has 1 fully saturated rings. The first-order chi connectivity index (χ1) is 8.70. The van der Waals surface area contributed by atoms with Crippen molar-refractivity contribution in [2.75, 3.05) is 26.7 Å². The summed E-state index contributed by atoms with van der Waals surface area (Å²) in [6, 6.07) is 0. The summed E-state index contributed by atoms with van der Waals surface area (Å²) in [6.07, 6.45) is 3.91. The van der Waals surface area contributed by atoms with Crippen LogP contribution < -0.4 is 5.32 Å². The van der Waals surface area contributed by atoms with Crippen molar-refractivity contribution >= 4 is 34.5 Å². The SMILES string of the molecule is CNCCC1CCN(Cc2csc(Cl)c2Cl)CC1. The van der Waals surface area contributed by atoms with Crippen molar-refractivity contribution in [3.05, 3.63) is 20.3 Å². The predicted octanol–water partition coefficient (Wildman–Crippen LogP) is 3.88. The van der Waals surface area contributed by atoms with Gasteiger partial charge in [-0.15, -0.1) is 11.3 Å². The van der Waals surface area contributed by atoms with Gasteiger partial charge in [-0.3, -0.25) is 4.90 Å². The molecule has 2 nitrogen and oxygen atoms in total. The van der Waals surface area contributed by atoms with E-state index in [0.29, 0.717) is 0 Å². The molecule has 102 valence electrons. The Morgan fingerprint density at radius 2 is 2.11 bits per heavy atom. The van der Waals surface area contributed by atoms with Gasteiger partial charge in [0, 0.05) is 6.54 Å². The standard InChI is InChI=1S/C13H20Cl2N2S/c1-16-5-2-10-3-6-17(7-4-10)8-11-9-18-13(15)12(11)14/h9-10,16H,2-8H2,1H3. The molecule has 1 aromatic heterocycles. The van der Waals surface area contributed by atoms with E-state index in [-0.39, 0.29) is 0 Å². The number of piperidine rings is 1. The molecule has 1 aliphatic rings. The molecule has 0 aliphatic carbocycles. The topological polar surface area (TPSA) is 15.3 Å². The first-order valence-electron chi connectivity index (χ1n) is 6.49. The van der Waals surface area contributed by atoms with Gasteiger partial charge in [-0.25, -0.2) is 0 Å². The largest absolute Gasteiger partial charge is 0.320 e. The van der Waals surface area contributed by atoms with Crippen molar-refractivity contribution in [2.45, 2.75) is 25.8 Å². The van der Waals surface area contributed by atoms with Crippen LogP contribution in [0.5, 0.6) is 0 Å². The zero-order valence-electron chi connectivity index (χ0n) is 10.7. The highest BCUT2D eigenvalue weighted by atomic mass is 35.5. The van der Waals surface area contributed by atoms with E-state index in [0.717, 1.165) is 28.4 Å². The maximum absolute atomic E-state index is 6.17. The Kier molecular flexibility index (Phi) is 5.77. The average Bonchev–Trinajstić information content (AvgIpc) is 2.70. The molecule has 18 heavy (non-hydrogen) atoms. The van der Waals surface area contributed by atoms with Crippen molar-refractivity contribution in [2.24, 2.45) is 5.92 Å². The lowest BCUT2D eigenvalue weighted by molar-refractivity contribution is 0.172. The summed E-state index contributed by atoms with van der Waals surface area (Å²) in [6.45, 7) is 4.44. The molecule has 0 atom stereocenters. The van der Waals surface area contributed by atoms with Crippen LogP contribution in [0.1, 0.15) is 24.8 Å². The lowest BCUT2D eigenvalue weighted by atomic mass is 9.93. The van der Waals surface area contributed by atoms with Gasteiger partial charge in [0.2, 0.25) is 0 Å². The zero-order chi connectivity index (χ0) is 13.0. The highest BCUT2D eigenvalue weighted by molar-refractivity contribution is 7.15. The van der Waals surface area contributed by atoms with Gasteiger partial charge in [-0.2, -0.15) is 0 Å². The Balaban J connectivity index is 1.78. The third kappa shape index (κ3) is 3.84. The minimum absolute atomic E-state index is 0.718. The van der Waals surface area contributed by atoms with E-state index < -0.39 is 0 Å². The van der Waals surface area contributed by atoms with Gasteiger partial charge in [0.05, 0.1) is 5.02 Å². The summed E-state index contributed by atoms with van der Waals surface area (Å²) in [4.78, 5) is 2.49. The Labute approximate surface area is 123 Å². The van der Waals surface area contributed by atoms with Gasteiger partial charge < -0.3 is 5.32 Å². The predicted molar refractivity (Wildman–Crippen MR) is 80.9 cm³/mol. The lowest BCUT2D eigenvalue weighted by Gasteiger charge is -2.31. The van der Waals surface area contributed by atoms with E-state index in [1.807, 2.05) is 7.05 Å². The van der Waals surface area contributed by atoms with E-state index in [9.17, 15) is 0 Å². The Morgan fingerprint density at radius 3 is 2.67 bits per heavy atom. The summed E-state index contributed by atoms with van der Waals surface area (Å²) in [5.74, 6) is 0.884. The number of likely N-dealkylation sites (tertiary alicyclic amines) is 1. The van der Waals surface area contributed by atoms with Crippen LogP contribution in [-0.2, 0) is 6.54 Å². The third-order valence-electron chi connectivity index (χ3n) is 3.66. The molecule has 0 bridgehead atoms. The van der Waals surface area contributed by atoms with Crippen LogP contribution in [0.4, 0.5) is 0 Å². The monoisotopic (exact) mass is 306 g/mol. The second-order valence-corrected chi connectivity index (χ2v) is 6.82. The molecule has 1 N–H and O–H groups in total. The van der Waals surface area contributed by atoms with Crippen LogP contribution in [0.25, 0.3) is 0 Å². The van der Waals surface area contributed by atoms with E-state index in [1.165, 1.54) is 49.3 Å². The summed E-state index contributed by atoms with van der Waals surface area (Å²) < 4.78 is 0.718. The third-order valence-corrected chi connectivity index (χ3v) is 5.57. The molecule has 0 aromatic carbocycles. The number of halogens is 2. The molecule has 1 saturated heterocycles. The number of nitrogens with one attached hydrogen (secondary N) is 1. The van der Waals surface area contributed by atoms with Crippen LogP contribution in [-0.4, -0.2) is 31.6 Å². The first kappa shape index (κ1) is 14.6. The molecular weight excluding hydrogens is 287 g/mol. The quantitative estimate of drug-likeness (QED) is 0.888. The second-order valence-electron chi connectivity index (χ2n) is 4.96. The van der Waals surface area contributed by atoms with E-state index in [2.05, 4.69) is 15.6 Å². The van der Waals surface area contributed by atoms with Gasteiger partial charge in [-0.1, -0.05) is 23.2 Å². The van der Waals surface area contributed by atoms with E-state index >= 15 is 0 Å². The lowest BCUT2D eigenvalue weighted by Crippen LogP contribution is -2.34. The van der Waals surface area contributed by atoms with Gasteiger partial charge in [-0.05, 0) is 62.8 Å². The number of hydrogen-bond donors (Lipinski definition) is 1.